The molecule has 2 saturated carbocycles. The van der Waals surface area contributed by atoms with Crippen LogP contribution in [0.5, 0.6) is 5.75 Å². The largest absolute Gasteiger partial charge is 0.508 e. The van der Waals surface area contributed by atoms with Crippen molar-refractivity contribution in [2.24, 2.45) is 4.99 Å². The fraction of sp³-hybridized carbons (Fsp3) is 0.533. The molecule has 2 aliphatic carbocycles. The first-order valence-corrected chi connectivity index (χ1v) is 7.20. The lowest BCUT2D eigenvalue weighted by molar-refractivity contribution is 0.475. The SMILES string of the molecule is Oc1cccc(NC(=NC2CC2)NC2CCCC2)c1. The summed E-state index contributed by atoms with van der Waals surface area (Å²) < 4.78 is 0. The van der Waals surface area contributed by atoms with Crippen LogP contribution in [0.1, 0.15) is 38.5 Å². The minimum Gasteiger partial charge on any atom is -0.508 e. The quantitative estimate of drug-likeness (QED) is 0.578. The standard InChI is InChI=1S/C15H21N3O/c19-14-7-3-6-13(10-14)18-15(17-12-8-9-12)16-11-4-1-2-5-11/h3,6-7,10-12,19H,1-2,4-5,8-9H2,(H2,16,17,18). The number of hydrogen-bond acceptors (Lipinski definition) is 2. The third kappa shape index (κ3) is 3.63. The van der Waals surface area contributed by atoms with Gasteiger partial charge in [0, 0.05) is 17.8 Å². The number of nitrogens with zero attached hydrogens (tertiary/aromatic N) is 1. The van der Waals surface area contributed by atoms with Gasteiger partial charge in [-0.3, -0.25) is 0 Å². The highest BCUT2D eigenvalue weighted by Gasteiger charge is 2.23. The van der Waals surface area contributed by atoms with Crippen LogP contribution in [-0.2, 0) is 0 Å². The van der Waals surface area contributed by atoms with Crippen molar-refractivity contribution in [3.63, 3.8) is 0 Å². The summed E-state index contributed by atoms with van der Waals surface area (Å²) >= 11 is 0. The van der Waals surface area contributed by atoms with Gasteiger partial charge in [-0.1, -0.05) is 18.9 Å². The van der Waals surface area contributed by atoms with Crippen LogP contribution in [0.3, 0.4) is 0 Å². The van der Waals surface area contributed by atoms with Crippen molar-refractivity contribution >= 4 is 11.6 Å². The van der Waals surface area contributed by atoms with Crippen LogP contribution in [0.4, 0.5) is 5.69 Å². The first-order valence-electron chi connectivity index (χ1n) is 7.20. The smallest absolute Gasteiger partial charge is 0.196 e. The van der Waals surface area contributed by atoms with Gasteiger partial charge in [0.25, 0.3) is 0 Å². The highest BCUT2D eigenvalue weighted by atomic mass is 16.3. The molecule has 2 aliphatic rings. The van der Waals surface area contributed by atoms with E-state index in [-0.39, 0.29) is 5.75 Å². The third-order valence-electron chi connectivity index (χ3n) is 3.66. The van der Waals surface area contributed by atoms with Crippen molar-refractivity contribution in [1.29, 1.82) is 0 Å². The summed E-state index contributed by atoms with van der Waals surface area (Å²) in [4.78, 5) is 4.69. The first kappa shape index (κ1) is 12.3. The van der Waals surface area contributed by atoms with Crippen molar-refractivity contribution < 1.29 is 5.11 Å². The number of phenolic OH excluding ortho intramolecular Hbond substituents is 1. The maximum absolute atomic E-state index is 9.50. The molecule has 102 valence electrons. The van der Waals surface area contributed by atoms with Gasteiger partial charge in [0.2, 0.25) is 0 Å². The lowest BCUT2D eigenvalue weighted by Gasteiger charge is -2.17. The Morgan fingerprint density at radius 2 is 1.95 bits per heavy atom. The highest BCUT2D eigenvalue weighted by molar-refractivity contribution is 5.94. The van der Waals surface area contributed by atoms with Gasteiger partial charge in [-0.05, 0) is 37.8 Å². The second kappa shape index (κ2) is 5.51. The Bertz CT molecular complexity index is 462. The van der Waals surface area contributed by atoms with Crippen molar-refractivity contribution in [1.82, 2.24) is 5.32 Å². The average molecular weight is 259 g/mol. The topological polar surface area (TPSA) is 56.6 Å². The Morgan fingerprint density at radius 3 is 2.63 bits per heavy atom. The fourth-order valence-electron chi connectivity index (χ4n) is 2.48. The molecule has 4 nitrogen and oxygen atoms in total. The molecule has 1 aromatic carbocycles. The van der Waals surface area contributed by atoms with E-state index in [1.54, 1.807) is 12.1 Å². The van der Waals surface area contributed by atoms with Gasteiger partial charge in [0.1, 0.15) is 5.75 Å². The van der Waals surface area contributed by atoms with E-state index < -0.39 is 0 Å². The number of aromatic hydroxyl groups is 1. The number of aliphatic imine (C=N–C) groups is 1. The Kier molecular flexibility index (Phi) is 3.58. The van der Waals surface area contributed by atoms with E-state index >= 15 is 0 Å². The summed E-state index contributed by atoms with van der Waals surface area (Å²) in [5.41, 5.74) is 0.880. The fourth-order valence-corrected chi connectivity index (χ4v) is 2.48. The van der Waals surface area contributed by atoms with Crippen molar-refractivity contribution in [2.45, 2.75) is 50.6 Å². The van der Waals surface area contributed by atoms with E-state index in [1.165, 1.54) is 38.5 Å². The number of anilines is 1. The molecular weight excluding hydrogens is 238 g/mol. The zero-order valence-corrected chi connectivity index (χ0v) is 11.1. The number of phenols is 1. The van der Waals surface area contributed by atoms with Crippen LogP contribution >= 0.6 is 0 Å². The molecule has 0 saturated heterocycles. The van der Waals surface area contributed by atoms with Gasteiger partial charge in [-0.2, -0.15) is 0 Å². The predicted octanol–water partition coefficient (Wildman–Crippen LogP) is 2.85. The average Bonchev–Trinajstić information content (AvgIpc) is 3.03. The van der Waals surface area contributed by atoms with E-state index in [9.17, 15) is 5.11 Å². The minimum absolute atomic E-state index is 0.275. The van der Waals surface area contributed by atoms with Gasteiger partial charge in [-0.25, -0.2) is 4.99 Å². The van der Waals surface area contributed by atoms with E-state index in [2.05, 4.69) is 15.6 Å². The Labute approximate surface area is 113 Å². The monoisotopic (exact) mass is 259 g/mol. The lowest BCUT2D eigenvalue weighted by atomic mass is 10.2. The second-order valence-corrected chi connectivity index (χ2v) is 5.51. The molecule has 1 aromatic rings. The Morgan fingerprint density at radius 1 is 1.16 bits per heavy atom. The van der Waals surface area contributed by atoms with Crippen LogP contribution < -0.4 is 10.6 Å². The number of rotatable bonds is 3. The van der Waals surface area contributed by atoms with Gasteiger partial charge in [0.05, 0.1) is 6.04 Å². The molecule has 0 radical (unpaired) electrons. The summed E-state index contributed by atoms with van der Waals surface area (Å²) in [7, 11) is 0. The third-order valence-corrected chi connectivity index (χ3v) is 3.66. The molecule has 0 aromatic heterocycles. The van der Waals surface area contributed by atoms with E-state index in [1.807, 2.05) is 12.1 Å². The number of hydrogen-bond donors (Lipinski definition) is 3. The molecule has 0 spiro atoms. The minimum atomic E-state index is 0.275. The molecule has 0 amide bonds. The Balaban J connectivity index is 1.68. The molecular formula is C15H21N3O. The van der Waals surface area contributed by atoms with Crippen LogP contribution in [0.25, 0.3) is 0 Å². The van der Waals surface area contributed by atoms with Crippen molar-refractivity contribution in [2.75, 3.05) is 5.32 Å². The molecule has 3 rings (SSSR count). The van der Waals surface area contributed by atoms with Gasteiger partial charge >= 0.3 is 0 Å². The van der Waals surface area contributed by atoms with Gasteiger partial charge < -0.3 is 15.7 Å². The normalized spacial score (nSPS) is 20.5. The molecule has 0 unspecified atom stereocenters. The first-order chi connectivity index (χ1) is 9.29. The van der Waals surface area contributed by atoms with E-state index in [0.717, 1.165) is 11.6 Å². The van der Waals surface area contributed by atoms with Crippen LogP contribution in [0, 0.1) is 0 Å². The summed E-state index contributed by atoms with van der Waals surface area (Å²) in [5.74, 6) is 1.14. The maximum Gasteiger partial charge on any atom is 0.196 e. The van der Waals surface area contributed by atoms with Crippen molar-refractivity contribution in [3.8, 4) is 5.75 Å². The maximum atomic E-state index is 9.50. The molecule has 0 heterocycles. The molecule has 0 aliphatic heterocycles. The molecule has 19 heavy (non-hydrogen) atoms. The second-order valence-electron chi connectivity index (χ2n) is 5.51. The number of nitrogens with one attached hydrogen (secondary N) is 2. The summed E-state index contributed by atoms with van der Waals surface area (Å²) in [5, 5.41) is 16.3. The summed E-state index contributed by atoms with van der Waals surface area (Å²) in [6, 6.07) is 8.20. The predicted molar refractivity (Wildman–Crippen MR) is 77.6 cm³/mol. The van der Waals surface area contributed by atoms with Gasteiger partial charge in [-0.15, -0.1) is 0 Å². The number of benzene rings is 1. The van der Waals surface area contributed by atoms with Crippen LogP contribution in [0.15, 0.2) is 29.3 Å². The molecule has 3 N–H and O–H groups in total. The van der Waals surface area contributed by atoms with Crippen molar-refractivity contribution in [3.05, 3.63) is 24.3 Å². The molecule has 0 bridgehead atoms. The van der Waals surface area contributed by atoms with E-state index in [4.69, 9.17) is 0 Å². The lowest BCUT2D eigenvalue weighted by Crippen LogP contribution is -2.38. The molecule has 0 atom stereocenters. The summed E-state index contributed by atoms with van der Waals surface area (Å²) in [6.45, 7) is 0. The zero-order chi connectivity index (χ0) is 13.1. The van der Waals surface area contributed by atoms with Crippen LogP contribution in [-0.4, -0.2) is 23.1 Å². The molecule has 4 heteroatoms. The zero-order valence-electron chi connectivity index (χ0n) is 11.1. The van der Waals surface area contributed by atoms with E-state index in [0.29, 0.717) is 12.1 Å². The van der Waals surface area contributed by atoms with Crippen LogP contribution in [0.2, 0.25) is 0 Å². The number of guanidine groups is 1. The summed E-state index contributed by atoms with van der Waals surface area (Å²) in [6.07, 6.45) is 7.45. The highest BCUT2D eigenvalue weighted by Crippen LogP contribution is 2.25. The molecule has 2 fully saturated rings. The van der Waals surface area contributed by atoms with Gasteiger partial charge in [0.15, 0.2) is 5.96 Å². The Hall–Kier alpha value is -1.71.